The van der Waals surface area contributed by atoms with Gasteiger partial charge in [-0.2, -0.15) is 0 Å². The van der Waals surface area contributed by atoms with E-state index in [0.29, 0.717) is 24.4 Å². The van der Waals surface area contributed by atoms with Crippen molar-refractivity contribution in [3.8, 4) is 0 Å². The highest BCUT2D eigenvalue weighted by Gasteiger charge is 2.42. The SMILES string of the molecule is CCN1CCN(C2=C(c3ccc(F)cc3)C(=O)N(Cc3ccccc3F)C2=O)CC1. The number of benzene rings is 2. The largest absolute Gasteiger partial charge is 0.364 e. The average Bonchev–Trinajstić information content (AvgIpc) is 3.00. The number of piperazine rings is 1. The Bertz CT molecular complexity index is 996. The molecule has 1 fully saturated rings. The number of carbonyl (C=O) groups excluding carboxylic acids is 2. The van der Waals surface area contributed by atoms with Crippen molar-refractivity contribution in [2.75, 3.05) is 32.7 Å². The fourth-order valence-corrected chi connectivity index (χ4v) is 3.96. The molecule has 1 saturated heterocycles. The molecule has 2 aromatic carbocycles. The van der Waals surface area contributed by atoms with Crippen molar-refractivity contribution in [3.63, 3.8) is 0 Å². The van der Waals surface area contributed by atoms with E-state index in [-0.39, 0.29) is 17.7 Å². The van der Waals surface area contributed by atoms with Crippen LogP contribution in [0, 0.1) is 11.6 Å². The van der Waals surface area contributed by atoms with Gasteiger partial charge in [-0.05, 0) is 30.3 Å². The van der Waals surface area contributed by atoms with Crippen LogP contribution in [0.5, 0.6) is 0 Å². The molecule has 0 atom stereocenters. The molecule has 5 nitrogen and oxygen atoms in total. The quantitative estimate of drug-likeness (QED) is 0.710. The smallest absolute Gasteiger partial charge is 0.278 e. The lowest BCUT2D eigenvalue weighted by Crippen LogP contribution is -2.47. The Balaban J connectivity index is 1.71. The number of hydrogen-bond acceptors (Lipinski definition) is 4. The van der Waals surface area contributed by atoms with Crippen LogP contribution < -0.4 is 0 Å². The van der Waals surface area contributed by atoms with Gasteiger partial charge < -0.3 is 9.80 Å². The second kappa shape index (κ2) is 8.36. The molecule has 2 heterocycles. The van der Waals surface area contributed by atoms with E-state index in [2.05, 4.69) is 11.8 Å². The van der Waals surface area contributed by atoms with E-state index < -0.39 is 23.4 Å². The van der Waals surface area contributed by atoms with Gasteiger partial charge in [0.1, 0.15) is 17.3 Å². The van der Waals surface area contributed by atoms with E-state index in [4.69, 9.17) is 0 Å². The van der Waals surface area contributed by atoms with Crippen molar-refractivity contribution in [2.45, 2.75) is 13.5 Å². The Morgan fingerprint density at radius 2 is 1.53 bits per heavy atom. The monoisotopic (exact) mass is 411 g/mol. The summed E-state index contributed by atoms with van der Waals surface area (Å²) in [5.41, 5.74) is 1.33. The minimum atomic E-state index is -0.484. The Kier molecular flexibility index (Phi) is 5.63. The Morgan fingerprint density at radius 1 is 0.867 bits per heavy atom. The van der Waals surface area contributed by atoms with Crippen molar-refractivity contribution in [2.24, 2.45) is 0 Å². The number of likely N-dealkylation sites (N-methyl/N-ethyl adjacent to an activating group) is 1. The summed E-state index contributed by atoms with van der Waals surface area (Å²) in [6.45, 7) is 5.65. The third-order valence-electron chi connectivity index (χ3n) is 5.70. The lowest BCUT2D eigenvalue weighted by atomic mass is 10.0. The minimum Gasteiger partial charge on any atom is -0.364 e. The number of nitrogens with zero attached hydrogens (tertiary/aromatic N) is 3. The molecule has 30 heavy (non-hydrogen) atoms. The lowest BCUT2D eigenvalue weighted by molar-refractivity contribution is -0.138. The molecular formula is C23H23F2N3O2. The highest BCUT2D eigenvalue weighted by atomic mass is 19.1. The lowest BCUT2D eigenvalue weighted by Gasteiger charge is -2.36. The van der Waals surface area contributed by atoms with E-state index in [1.54, 1.807) is 18.2 Å². The van der Waals surface area contributed by atoms with Crippen molar-refractivity contribution in [1.29, 1.82) is 0 Å². The highest BCUT2D eigenvalue weighted by molar-refractivity contribution is 6.35. The highest BCUT2D eigenvalue weighted by Crippen LogP contribution is 2.33. The fourth-order valence-electron chi connectivity index (χ4n) is 3.96. The fraction of sp³-hybridized carbons (Fsp3) is 0.304. The molecule has 0 unspecified atom stereocenters. The molecule has 0 spiro atoms. The van der Waals surface area contributed by atoms with Crippen LogP contribution in [0.4, 0.5) is 8.78 Å². The summed E-state index contributed by atoms with van der Waals surface area (Å²) in [6, 6.07) is 11.6. The van der Waals surface area contributed by atoms with Gasteiger partial charge in [-0.15, -0.1) is 0 Å². The van der Waals surface area contributed by atoms with Crippen molar-refractivity contribution in [3.05, 3.63) is 77.0 Å². The Labute approximate surface area is 174 Å². The van der Waals surface area contributed by atoms with Crippen LogP contribution in [0.1, 0.15) is 18.1 Å². The first-order valence-corrected chi connectivity index (χ1v) is 10.1. The van der Waals surface area contributed by atoms with Gasteiger partial charge in [0.05, 0.1) is 12.1 Å². The van der Waals surface area contributed by atoms with Crippen LogP contribution in [0.15, 0.2) is 54.2 Å². The summed E-state index contributed by atoms with van der Waals surface area (Å²) < 4.78 is 27.6. The van der Waals surface area contributed by atoms with E-state index in [1.165, 1.54) is 30.3 Å². The zero-order valence-corrected chi connectivity index (χ0v) is 16.8. The second-order valence-corrected chi connectivity index (χ2v) is 7.44. The van der Waals surface area contributed by atoms with E-state index >= 15 is 0 Å². The number of rotatable bonds is 5. The molecule has 0 aliphatic carbocycles. The first-order valence-electron chi connectivity index (χ1n) is 10.1. The van der Waals surface area contributed by atoms with Crippen molar-refractivity contribution in [1.82, 2.24) is 14.7 Å². The standard InChI is InChI=1S/C23H23F2N3O2/c1-2-26-11-13-27(14-12-26)21-20(16-7-9-18(24)10-8-16)22(29)28(23(21)30)15-17-5-3-4-6-19(17)25/h3-10H,2,11-15H2,1H3. The third kappa shape index (κ3) is 3.73. The predicted molar refractivity (Wildman–Crippen MR) is 109 cm³/mol. The topological polar surface area (TPSA) is 43.9 Å². The van der Waals surface area contributed by atoms with Gasteiger partial charge in [0.15, 0.2) is 0 Å². The van der Waals surface area contributed by atoms with Gasteiger partial charge in [-0.3, -0.25) is 14.5 Å². The molecule has 156 valence electrons. The molecule has 2 aliphatic rings. The van der Waals surface area contributed by atoms with Gasteiger partial charge >= 0.3 is 0 Å². The molecule has 4 rings (SSSR count). The molecule has 0 aromatic heterocycles. The van der Waals surface area contributed by atoms with Gasteiger partial charge in [-0.25, -0.2) is 8.78 Å². The van der Waals surface area contributed by atoms with E-state index in [1.807, 2.05) is 4.90 Å². The molecular weight excluding hydrogens is 388 g/mol. The Morgan fingerprint density at radius 3 is 2.17 bits per heavy atom. The number of imide groups is 1. The van der Waals surface area contributed by atoms with Crippen LogP contribution in [-0.4, -0.2) is 59.2 Å². The molecule has 0 radical (unpaired) electrons. The number of carbonyl (C=O) groups is 2. The molecule has 2 aromatic rings. The van der Waals surface area contributed by atoms with E-state index in [9.17, 15) is 18.4 Å². The predicted octanol–water partition coefficient (Wildman–Crippen LogP) is 2.88. The summed E-state index contributed by atoms with van der Waals surface area (Å²) in [4.78, 5) is 31.9. The summed E-state index contributed by atoms with van der Waals surface area (Å²) >= 11 is 0. The van der Waals surface area contributed by atoms with E-state index in [0.717, 1.165) is 24.5 Å². The zero-order chi connectivity index (χ0) is 21.3. The number of hydrogen-bond donors (Lipinski definition) is 0. The van der Waals surface area contributed by atoms with Gasteiger partial charge in [-0.1, -0.05) is 37.3 Å². The number of halogens is 2. The van der Waals surface area contributed by atoms with Crippen LogP contribution in [0.2, 0.25) is 0 Å². The summed E-state index contributed by atoms with van der Waals surface area (Å²) in [5.74, 6) is -1.81. The van der Waals surface area contributed by atoms with Crippen LogP contribution in [0.25, 0.3) is 5.57 Å². The second-order valence-electron chi connectivity index (χ2n) is 7.44. The molecule has 2 aliphatic heterocycles. The van der Waals surface area contributed by atoms with Crippen molar-refractivity contribution >= 4 is 17.4 Å². The Hall–Kier alpha value is -3.06. The van der Waals surface area contributed by atoms with Crippen LogP contribution in [-0.2, 0) is 16.1 Å². The third-order valence-corrected chi connectivity index (χ3v) is 5.70. The summed E-state index contributed by atoms with van der Waals surface area (Å²) in [6.07, 6.45) is 0. The van der Waals surface area contributed by atoms with Crippen molar-refractivity contribution < 1.29 is 18.4 Å². The van der Waals surface area contributed by atoms with Crippen LogP contribution in [0.3, 0.4) is 0 Å². The zero-order valence-electron chi connectivity index (χ0n) is 16.8. The van der Waals surface area contributed by atoms with Gasteiger partial charge in [0.25, 0.3) is 11.8 Å². The molecule has 0 saturated carbocycles. The summed E-state index contributed by atoms with van der Waals surface area (Å²) in [5, 5.41) is 0. The van der Waals surface area contributed by atoms with Crippen LogP contribution >= 0.6 is 0 Å². The van der Waals surface area contributed by atoms with Gasteiger partial charge in [0, 0.05) is 31.7 Å². The maximum atomic E-state index is 14.2. The maximum absolute atomic E-state index is 14.2. The molecule has 2 amide bonds. The maximum Gasteiger partial charge on any atom is 0.278 e. The first-order chi connectivity index (χ1) is 14.5. The first kappa shape index (κ1) is 20.2. The molecule has 0 N–H and O–H groups in total. The molecule has 0 bridgehead atoms. The molecule has 7 heteroatoms. The minimum absolute atomic E-state index is 0.145. The van der Waals surface area contributed by atoms with Gasteiger partial charge in [0.2, 0.25) is 0 Å². The number of amides is 2. The average molecular weight is 411 g/mol. The summed E-state index contributed by atoms with van der Waals surface area (Å²) in [7, 11) is 0. The normalized spacial score (nSPS) is 18.0.